The number of allylic oxidation sites excluding steroid dienone is 1. The molecule has 0 fully saturated rings. The van der Waals surface area contributed by atoms with E-state index in [9.17, 15) is 20.1 Å². The van der Waals surface area contributed by atoms with Gasteiger partial charge in [0.1, 0.15) is 6.10 Å². The van der Waals surface area contributed by atoms with Gasteiger partial charge in [0.15, 0.2) is 0 Å². The summed E-state index contributed by atoms with van der Waals surface area (Å²) in [7, 11) is 0. The molecule has 0 aromatic heterocycles. The van der Waals surface area contributed by atoms with Gasteiger partial charge in [0.05, 0.1) is 18.8 Å². The monoisotopic (exact) mass is 848 g/mol. The van der Waals surface area contributed by atoms with Crippen LogP contribution in [0.1, 0.15) is 309 Å². The molecule has 3 atom stereocenters. The van der Waals surface area contributed by atoms with E-state index in [1.807, 2.05) is 6.08 Å². The van der Waals surface area contributed by atoms with Crippen molar-refractivity contribution in [2.75, 3.05) is 6.61 Å². The van der Waals surface area contributed by atoms with E-state index in [-0.39, 0.29) is 6.61 Å². The molecule has 5 heteroatoms. The van der Waals surface area contributed by atoms with Crippen LogP contribution in [0.15, 0.2) is 12.2 Å². The van der Waals surface area contributed by atoms with Crippen LogP contribution in [0.5, 0.6) is 0 Å². The van der Waals surface area contributed by atoms with Gasteiger partial charge in [-0.1, -0.05) is 302 Å². The van der Waals surface area contributed by atoms with Crippen LogP contribution < -0.4 is 5.32 Å². The molecular formula is C55H109NO4. The molecule has 0 aliphatic rings. The molecule has 1 amide bonds. The summed E-state index contributed by atoms with van der Waals surface area (Å²) in [4.78, 5) is 12.5. The molecule has 0 aromatic rings. The van der Waals surface area contributed by atoms with Crippen LogP contribution in [0.3, 0.4) is 0 Å². The first-order valence-electron chi connectivity index (χ1n) is 27.5. The summed E-state index contributed by atoms with van der Waals surface area (Å²) in [5, 5.41) is 33.3. The van der Waals surface area contributed by atoms with Gasteiger partial charge in [0.25, 0.3) is 0 Å². The van der Waals surface area contributed by atoms with Crippen molar-refractivity contribution >= 4 is 5.91 Å². The molecule has 0 aromatic carbocycles. The minimum Gasteiger partial charge on any atom is -0.394 e. The second-order valence-electron chi connectivity index (χ2n) is 19.2. The Morgan fingerprint density at radius 2 is 0.650 bits per heavy atom. The first kappa shape index (κ1) is 59.1. The average Bonchev–Trinajstić information content (AvgIpc) is 3.25. The lowest BCUT2D eigenvalue weighted by molar-refractivity contribution is -0.131. The number of rotatable bonds is 51. The van der Waals surface area contributed by atoms with Gasteiger partial charge in [-0.25, -0.2) is 0 Å². The second kappa shape index (κ2) is 50.7. The maximum Gasteiger partial charge on any atom is 0.249 e. The van der Waals surface area contributed by atoms with Crippen LogP contribution in [-0.4, -0.2) is 46.1 Å². The minimum absolute atomic E-state index is 0.359. The van der Waals surface area contributed by atoms with E-state index in [2.05, 4.69) is 19.2 Å². The summed E-state index contributed by atoms with van der Waals surface area (Å²) in [6.07, 6.45) is 63.0. The van der Waals surface area contributed by atoms with Gasteiger partial charge in [0.2, 0.25) is 5.91 Å². The Balaban J connectivity index is 3.47. The molecule has 5 nitrogen and oxygen atoms in total. The zero-order chi connectivity index (χ0) is 43.7. The number of amides is 1. The number of unbranched alkanes of at least 4 members (excludes halogenated alkanes) is 43. The third-order valence-electron chi connectivity index (χ3n) is 13.1. The van der Waals surface area contributed by atoms with Crippen molar-refractivity contribution in [1.29, 1.82) is 0 Å². The van der Waals surface area contributed by atoms with Crippen LogP contribution in [0.2, 0.25) is 0 Å². The van der Waals surface area contributed by atoms with E-state index < -0.39 is 24.2 Å². The predicted octanol–water partition coefficient (Wildman–Crippen LogP) is 16.7. The highest BCUT2D eigenvalue weighted by atomic mass is 16.3. The van der Waals surface area contributed by atoms with Gasteiger partial charge < -0.3 is 20.6 Å². The molecule has 0 heterocycles. The van der Waals surface area contributed by atoms with E-state index >= 15 is 0 Å². The smallest absolute Gasteiger partial charge is 0.249 e. The summed E-state index contributed by atoms with van der Waals surface area (Å²) in [5.41, 5.74) is 0. The van der Waals surface area contributed by atoms with Crippen molar-refractivity contribution in [3.63, 3.8) is 0 Å². The molecule has 60 heavy (non-hydrogen) atoms. The van der Waals surface area contributed by atoms with Gasteiger partial charge in [-0.3, -0.25) is 4.79 Å². The maximum atomic E-state index is 12.5. The zero-order valence-corrected chi connectivity index (χ0v) is 40.9. The Morgan fingerprint density at radius 1 is 0.400 bits per heavy atom. The molecule has 0 spiro atoms. The molecule has 0 radical (unpaired) electrons. The van der Waals surface area contributed by atoms with Crippen LogP contribution in [-0.2, 0) is 4.79 Å². The first-order chi connectivity index (χ1) is 29.6. The van der Waals surface area contributed by atoms with Crippen LogP contribution >= 0.6 is 0 Å². The molecule has 0 saturated heterocycles. The number of hydrogen-bond acceptors (Lipinski definition) is 4. The fourth-order valence-corrected chi connectivity index (χ4v) is 8.84. The van der Waals surface area contributed by atoms with E-state index in [1.54, 1.807) is 6.08 Å². The third-order valence-corrected chi connectivity index (χ3v) is 13.1. The number of nitrogens with one attached hydrogen (secondary N) is 1. The van der Waals surface area contributed by atoms with Crippen molar-refractivity contribution in [1.82, 2.24) is 5.32 Å². The Bertz CT molecular complexity index is 848. The van der Waals surface area contributed by atoms with Gasteiger partial charge in [0, 0.05) is 0 Å². The lowest BCUT2D eigenvalue weighted by Gasteiger charge is -2.21. The van der Waals surface area contributed by atoms with Crippen LogP contribution in [0.4, 0.5) is 0 Å². The van der Waals surface area contributed by atoms with Crippen molar-refractivity contribution < 1.29 is 20.1 Å². The molecule has 0 aliphatic carbocycles. The summed E-state index contributed by atoms with van der Waals surface area (Å²) in [6, 6.07) is -0.793. The normalized spacial score (nSPS) is 13.3. The Labute approximate surface area is 376 Å². The van der Waals surface area contributed by atoms with Crippen molar-refractivity contribution in [2.45, 2.75) is 327 Å². The quantitative estimate of drug-likeness (QED) is 0.0363. The van der Waals surface area contributed by atoms with Crippen LogP contribution in [0.25, 0.3) is 0 Å². The average molecular weight is 848 g/mol. The fourth-order valence-electron chi connectivity index (χ4n) is 8.84. The van der Waals surface area contributed by atoms with E-state index in [0.29, 0.717) is 6.42 Å². The lowest BCUT2D eigenvalue weighted by atomic mass is 10.0. The number of hydrogen-bond donors (Lipinski definition) is 4. The van der Waals surface area contributed by atoms with E-state index in [0.717, 1.165) is 32.1 Å². The van der Waals surface area contributed by atoms with Crippen molar-refractivity contribution in [3.05, 3.63) is 12.2 Å². The molecule has 358 valence electrons. The molecule has 0 bridgehead atoms. The van der Waals surface area contributed by atoms with E-state index in [4.69, 9.17) is 0 Å². The summed E-state index contributed by atoms with van der Waals surface area (Å²) < 4.78 is 0. The largest absolute Gasteiger partial charge is 0.394 e. The molecule has 0 rings (SSSR count). The number of aliphatic hydroxyl groups excluding tert-OH is 3. The van der Waals surface area contributed by atoms with Gasteiger partial charge >= 0.3 is 0 Å². The first-order valence-corrected chi connectivity index (χ1v) is 27.5. The Kier molecular flexibility index (Phi) is 50.0. The molecule has 3 unspecified atom stereocenters. The standard InChI is InChI=1S/C55H109NO4/c1-3-5-7-9-11-13-15-17-19-20-21-22-23-24-25-26-27-28-29-30-31-32-33-34-35-36-38-40-42-44-46-48-50-54(59)55(60)56-52(51-57)53(58)49-47-45-43-41-39-37-18-16-14-12-10-8-6-4-2/h47,49,52-54,57-59H,3-46,48,50-51H2,1-2H3,(H,56,60)/b49-47+. The highest BCUT2D eigenvalue weighted by molar-refractivity contribution is 5.80. The summed E-state index contributed by atoms with van der Waals surface area (Å²) in [6.45, 7) is 4.21. The Morgan fingerprint density at radius 3 is 0.917 bits per heavy atom. The van der Waals surface area contributed by atoms with Gasteiger partial charge in [-0.05, 0) is 19.3 Å². The molecule has 4 N–H and O–H groups in total. The zero-order valence-electron chi connectivity index (χ0n) is 40.9. The van der Waals surface area contributed by atoms with Crippen molar-refractivity contribution in [2.24, 2.45) is 0 Å². The lowest BCUT2D eigenvalue weighted by Crippen LogP contribution is -2.48. The SMILES string of the molecule is CCCCCCCCCCCCCC/C=C/C(O)C(CO)NC(=O)C(O)CCCCCCCCCCCCCCCCCCCCCCCCCCCCCCCCCC. The minimum atomic E-state index is -1.09. The second-order valence-corrected chi connectivity index (χ2v) is 19.2. The number of carbonyl (C=O) groups excluding carboxylic acids is 1. The molecule has 0 aliphatic heterocycles. The number of carbonyl (C=O) groups is 1. The van der Waals surface area contributed by atoms with Gasteiger partial charge in [-0.15, -0.1) is 0 Å². The van der Waals surface area contributed by atoms with Gasteiger partial charge in [-0.2, -0.15) is 0 Å². The fraction of sp³-hybridized carbons (Fsp3) is 0.945. The molecular weight excluding hydrogens is 739 g/mol. The predicted molar refractivity (Wildman–Crippen MR) is 264 cm³/mol. The third kappa shape index (κ3) is 45.1. The highest BCUT2D eigenvalue weighted by Gasteiger charge is 2.22. The Hall–Kier alpha value is -0.910. The summed E-state index contributed by atoms with van der Waals surface area (Å²) in [5.74, 6) is -0.497. The summed E-state index contributed by atoms with van der Waals surface area (Å²) >= 11 is 0. The van der Waals surface area contributed by atoms with Crippen molar-refractivity contribution in [3.8, 4) is 0 Å². The topological polar surface area (TPSA) is 89.8 Å². The van der Waals surface area contributed by atoms with Crippen LogP contribution in [0, 0.1) is 0 Å². The maximum absolute atomic E-state index is 12.5. The number of aliphatic hydroxyl groups is 3. The molecule has 0 saturated carbocycles. The highest BCUT2D eigenvalue weighted by Crippen LogP contribution is 2.18. The van der Waals surface area contributed by atoms with E-state index in [1.165, 1.54) is 257 Å².